The SMILES string of the molecule is COC(=O)C1=[N+]([O-])CCCC1. The number of methoxy groups -OCH3 is 1. The molecule has 0 fully saturated rings. The van der Waals surface area contributed by atoms with Crippen molar-refractivity contribution in [3.05, 3.63) is 5.21 Å². The summed E-state index contributed by atoms with van der Waals surface area (Å²) >= 11 is 0. The number of hydrogen-bond acceptors (Lipinski definition) is 3. The van der Waals surface area contributed by atoms with Gasteiger partial charge in [-0.3, -0.25) is 0 Å². The van der Waals surface area contributed by atoms with Crippen molar-refractivity contribution in [2.24, 2.45) is 0 Å². The van der Waals surface area contributed by atoms with E-state index in [4.69, 9.17) is 0 Å². The van der Waals surface area contributed by atoms with E-state index in [9.17, 15) is 10.0 Å². The van der Waals surface area contributed by atoms with Gasteiger partial charge in [0.15, 0.2) is 6.54 Å². The minimum absolute atomic E-state index is 0.263. The Labute approximate surface area is 65.1 Å². The van der Waals surface area contributed by atoms with Gasteiger partial charge < -0.3 is 9.94 Å². The highest BCUT2D eigenvalue weighted by molar-refractivity contribution is 6.34. The number of esters is 1. The lowest BCUT2D eigenvalue weighted by atomic mass is 10.1. The second kappa shape index (κ2) is 3.37. The van der Waals surface area contributed by atoms with Crippen LogP contribution in [-0.4, -0.2) is 30.1 Å². The first-order valence-electron chi connectivity index (χ1n) is 3.64. The molecule has 0 saturated heterocycles. The summed E-state index contributed by atoms with van der Waals surface area (Å²) in [5.74, 6) is -0.486. The van der Waals surface area contributed by atoms with Crippen LogP contribution in [0.25, 0.3) is 0 Å². The highest BCUT2D eigenvalue weighted by Gasteiger charge is 2.23. The number of carbonyl (C=O) groups is 1. The van der Waals surface area contributed by atoms with Crippen LogP contribution in [0.1, 0.15) is 19.3 Å². The van der Waals surface area contributed by atoms with Crippen molar-refractivity contribution in [2.45, 2.75) is 19.3 Å². The summed E-state index contributed by atoms with van der Waals surface area (Å²) in [6, 6.07) is 0. The number of hydrogen-bond donors (Lipinski definition) is 0. The van der Waals surface area contributed by atoms with Gasteiger partial charge in [0.25, 0.3) is 5.71 Å². The van der Waals surface area contributed by atoms with Crippen molar-refractivity contribution >= 4 is 11.7 Å². The van der Waals surface area contributed by atoms with Gasteiger partial charge in [0.05, 0.1) is 7.11 Å². The highest BCUT2D eigenvalue weighted by atomic mass is 16.5. The van der Waals surface area contributed by atoms with Crippen molar-refractivity contribution in [3.8, 4) is 0 Å². The zero-order chi connectivity index (χ0) is 8.27. The van der Waals surface area contributed by atoms with Crippen LogP contribution in [0, 0.1) is 5.21 Å². The lowest BCUT2D eigenvalue weighted by Crippen LogP contribution is -2.29. The smallest absolute Gasteiger partial charge is 0.399 e. The molecule has 0 atom stereocenters. The van der Waals surface area contributed by atoms with Gasteiger partial charge >= 0.3 is 5.97 Å². The fourth-order valence-electron chi connectivity index (χ4n) is 1.13. The first kappa shape index (κ1) is 8.04. The molecule has 11 heavy (non-hydrogen) atoms. The molecular formula is C7H11NO3. The molecular weight excluding hydrogens is 146 g/mol. The van der Waals surface area contributed by atoms with Crippen molar-refractivity contribution in [1.82, 2.24) is 0 Å². The standard InChI is InChI=1S/C7H11NO3/c1-11-7(9)6-4-2-3-5-8(6)10/h2-5H2,1H3. The Bertz CT molecular complexity index is 198. The largest absolute Gasteiger partial charge is 0.623 e. The van der Waals surface area contributed by atoms with E-state index in [1.165, 1.54) is 7.11 Å². The van der Waals surface area contributed by atoms with Crippen molar-refractivity contribution in [3.63, 3.8) is 0 Å². The van der Waals surface area contributed by atoms with E-state index in [1.54, 1.807) is 0 Å². The fraction of sp³-hybridized carbons (Fsp3) is 0.714. The quantitative estimate of drug-likeness (QED) is 0.312. The molecule has 0 radical (unpaired) electrons. The summed E-state index contributed by atoms with van der Waals surface area (Å²) in [6.45, 7) is 0.421. The molecule has 0 N–H and O–H groups in total. The molecule has 1 aliphatic heterocycles. The summed E-state index contributed by atoms with van der Waals surface area (Å²) in [5, 5.41) is 11.0. The molecule has 62 valence electrons. The number of ether oxygens (including phenoxy) is 1. The van der Waals surface area contributed by atoms with E-state index in [0.29, 0.717) is 13.0 Å². The molecule has 0 aliphatic carbocycles. The summed E-state index contributed by atoms with van der Waals surface area (Å²) in [6.07, 6.45) is 2.32. The van der Waals surface area contributed by atoms with E-state index >= 15 is 0 Å². The first-order chi connectivity index (χ1) is 5.25. The van der Waals surface area contributed by atoms with Gasteiger partial charge in [-0.05, 0) is 6.42 Å². The third-order valence-electron chi connectivity index (χ3n) is 1.75. The topological polar surface area (TPSA) is 52.4 Å². The maximum Gasteiger partial charge on any atom is 0.399 e. The van der Waals surface area contributed by atoms with Gasteiger partial charge in [-0.25, -0.2) is 9.53 Å². The summed E-state index contributed by atoms with van der Waals surface area (Å²) in [4.78, 5) is 10.9. The van der Waals surface area contributed by atoms with E-state index in [1.807, 2.05) is 0 Å². The highest BCUT2D eigenvalue weighted by Crippen LogP contribution is 2.06. The molecule has 4 nitrogen and oxygen atoms in total. The molecule has 1 rings (SSSR count). The molecule has 0 saturated carbocycles. The predicted molar refractivity (Wildman–Crippen MR) is 39.4 cm³/mol. The van der Waals surface area contributed by atoms with Crippen molar-refractivity contribution in [2.75, 3.05) is 13.7 Å². The van der Waals surface area contributed by atoms with Crippen LogP contribution in [0.15, 0.2) is 0 Å². The number of nitrogens with zero attached hydrogens (tertiary/aromatic N) is 1. The minimum Gasteiger partial charge on any atom is -0.623 e. The normalized spacial score (nSPS) is 18.3. The third-order valence-corrected chi connectivity index (χ3v) is 1.75. The molecule has 0 aromatic rings. The van der Waals surface area contributed by atoms with Crippen LogP contribution in [0.2, 0.25) is 0 Å². The Morgan fingerprint density at radius 2 is 2.36 bits per heavy atom. The molecule has 0 amide bonds. The predicted octanol–water partition coefficient (Wildman–Crippen LogP) is 0.295. The van der Waals surface area contributed by atoms with Crippen LogP contribution >= 0.6 is 0 Å². The van der Waals surface area contributed by atoms with Gasteiger partial charge in [-0.15, -0.1) is 0 Å². The van der Waals surface area contributed by atoms with Gasteiger partial charge in [0.1, 0.15) is 0 Å². The van der Waals surface area contributed by atoms with E-state index in [-0.39, 0.29) is 5.71 Å². The molecule has 0 aromatic carbocycles. The van der Waals surface area contributed by atoms with Gasteiger partial charge in [0, 0.05) is 12.8 Å². The molecule has 1 heterocycles. The van der Waals surface area contributed by atoms with Crippen molar-refractivity contribution in [1.29, 1.82) is 0 Å². The Balaban J connectivity index is 2.74. The molecule has 0 aromatic heterocycles. The van der Waals surface area contributed by atoms with E-state index in [2.05, 4.69) is 4.74 Å². The van der Waals surface area contributed by atoms with Gasteiger partial charge in [0.2, 0.25) is 0 Å². The number of hydroxylamine groups is 1. The second-order valence-corrected chi connectivity index (χ2v) is 2.50. The second-order valence-electron chi connectivity index (χ2n) is 2.50. The van der Waals surface area contributed by atoms with Gasteiger partial charge in [-0.2, -0.15) is 0 Å². The lowest BCUT2D eigenvalue weighted by molar-refractivity contribution is -0.463. The average Bonchev–Trinajstić information content (AvgIpc) is 2.04. The average molecular weight is 157 g/mol. The molecule has 0 bridgehead atoms. The fourth-order valence-corrected chi connectivity index (χ4v) is 1.13. The monoisotopic (exact) mass is 157 g/mol. The summed E-state index contributed by atoms with van der Waals surface area (Å²) in [7, 11) is 1.29. The Hall–Kier alpha value is -1.06. The van der Waals surface area contributed by atoms with Gasteiger partial charge in [-0.1, -0.05) is 0 Å². The first-order valence-corrected chi connectivity index (χ1v) is 3.64. The van der Waals surface area contributed by atoms with Crippen molar-refractivity contribution < 1.29 is 14.3 Å². The molecule has 0 unspecified atom stereocenters. The zero-order valence-electron chi connectivity index (χ0n) is 6.50. The van der Waals surface area contributed by atoms with E-state index < -0.39 is 5.97 Å². The molecule has 0 spiro atoms. The maximum atomic E-state index is 11.0. The van der Waals surface area contributed by atoms with Crippen LogP contribution in [0.5, 0.6) is 0 Å². The zero-order valence-corrected chi connectivity index (χ0v) is 6.50. The number of carbonyl (C=O) groups excluding carboxylic acids is 1. The maximum absolute atomic E-state index is 11.0. The molecule has 4 heteroatoms. The lowest BCUT2D eigenvalue weighted by Gasteiger charge is -2.13. The Kier molecular flexibility index (Phi) is 2.46. The third kappa shape index (κ3) is 1.69. The van der Waals surface area contributed by atoms with Crippen LogP contribution in [-0.2, 0) is 9.53 Å². The van der Waals surface area contributed by atoms with Crippen LogP contribution in [0.3, 0.4) is 0 Å². The number of rotatable bonds is 1. The van der Waals surface area contributed by atoms with Crippen LogP contribution < -0.4 is 0 Å². The summed E-state index contributed by atoms with van der Waals surface area (Å²) < 4.78 is 5.17. The molecule has 1 aliphatic rings. The van der Waals surface area contributed by atoms with Crippen LogP contribution in [0.4, 0.5) is 0 Å². The minimum atomic E-state index is -0.486. The van der Waals surface area contributed by atoms with E-state index in [0.717, 1.165) is 17.6 Å². The Morgan fingerprint density at radius 3 is 2.91 bits per heavy atom. The Morgan fingerprint density at radius 1 is 1.64 bits per heavy atom. The summed E-state index contributed by atoms with van der Waals surface area (Å²) in [5.41, 5.74) is 0.263.